The molecule has 2 heterocycles. The largest absolute Gasteiger partial charge is 0.450 e. The van der Waals surface area contributed by atoms with E-state index in [1.165, 1.54) is 18.0 Å². The van der Waals surface area contributed by atoms with E-state index in [1.54, 1.807) is 11.8 Å². The molecule has 0 radical (unpaired) electrons. The lowest BCUT2D eigenvalue weighted by Crippen LogP contribution is -2.46. The quantitative estimate of drug-likeness (QED) is 0.804. The molecule has 0 saturated carbocycles. The minimum Gasteiger partial charge on any atom is -0.450 e. The minimum atomic E-state index is -0.294. The van der Waals surface area contributed by atoms with Crippen molar-refractivity contribution < 1.29 is 14.3 Å². The van der Waals surface area contributed by atoms with Crippen LogP contribution in [0.25, 0.3) is 0 Å². The molecule has 2 amide bonds. The Labute approximate surface area is 170 Å². The number of rotatable bonds is 5. The van der Waals surface area contributed by atoms with E-state index in [-0.39, 0.29) is 18.0 Å². The molecule has 2 N–H and O–H groups in total. The van der Waals surface area contributed by atoms with Gasteiger partial charge in [0.25, 0.3) is 5.91 Å². The van der Waals surface area contributed by atoms with Crippen molar-refractivity contribution in [1.82, 2.24) is 20.2 Å². The highest BCUT2D eigenvalue weighted by molar-refractivity contribution is 5.93. The van der Waals surface area contributed by atoms with Crippen molar-refractivity contribution >= 4 is 23.6 Å². The third-order valence-corrected chi connectivity index (χ3v) is 5.12. The maximum absolute atomic E-state index is 12.5. The fraction of sp³-hybridized carbons (Fsp3) is 0.429. The van der Waals surface area contributed by atoms with E-state index in [4.69, 9.17) is 4.74 Å². The summed E-state index contributed by atoms with van der Waals surface area (Å²) in [6.45, 7) is 7.37. The van der Waals surface area contributed by atoms with E-state index in [0.29, 0.717) is 44.0 Å². The number of hydrogen-bond donors (Lipinski definition) is 2. The lowest BCUT2D eigenvalue weighted by molar-refractivity contribution is 0.0859. The molecule has 1 aromatic carbocycles. The van der Waals surface area contributed by atoms with Gasteiger partial charge < -0.3 is 20.3 Å². The molecular formula is C21H27N5O3. The van der Waals surface area contributed by atoms with Gasteiger partial charge in [-0.1, -0.05) is 12.1 Å². The van der Waals surface area contributed by atoms with Crippen molar-refractivity contribution in [2.75, 3.05) is 25.0 Å². The average Bonchev–Trinajstić information content (AvgIpc) is 2.72. The lowest BCUT2D eigenvalue weighted by atomic mass is 10.1. The Kier molecular flexibility index (Phi) is 6.64. The summed E-state index contributed by atoms with van der Waals surface area (Å²) < 4.78 is 5.01. The van der Waals surface area contributed by atoms with Crippen molar-refractivity contribution in [2.45, 2.75) is 39.7 Å². The maximum atomic E-state index is 12.5. The van der Waals surface area contributed by atoms with Gasteiger partial charge in [0.1, 0.15) is 0 Å². The van der Waals surface area contributed by atoms with Gasteiger partial charge in [0.2, 0.25) is 5.95 Å². The molecule has 2 aromatic rings. The van der Waals surface area contributed by atoms with Crippen LogP contribution in [0.15, 0.2) is 30.6 Å². The predicted octanol–water partition coefficient (Wildman–Crippen LogP) is 3.19. The number of anilines is 2. The Morgan fingerprint density at radius 2 is 1.86 bits per heavy atom. The number of benzene rings is 1. The first-order chi connectivity index (χ1) is 14.0. The first-order valence-corrected chi connectivity index (χ1v) is 9.85. The van der Waals surface area contributed by atoms with Gasteiger partial charge in [0.15, 0.2) is 0 Å². The number of aromatic nitrogens is 2. The number of likely N-dealkylation sites (tertiary alicyclic amines) is 1. The molecule has 0 atom stereocenters. The Morgan fingerprint density at radius 1 is 1.17 bits per heavy atom. The van der Waals surface area contributed by atoms with Gasteiger partial charge >= 0.3 is 6.09 Å². The second kappa shape index (κ2) is 9.36. The Bertz CT molecular complexity index is 861. The number of piperidine rings is 1. The van der Waals surface area contributed by atoms with E-state index in [9.17, 15) is 9.59 Å². The van der Waals surface area contributed by atoms with Crippen LogP contribution in [0.1, 0.15) is 41.3 Å². The third-order valence-electron chi connectivity index (χ3n) is 5.12. The van der Waals surface area contributed by atoms with Gasteiger partial charge in [-0.3, -0.25) is 4.79 Å². The van der Waals surface area contributed by atoms with E-state index >= 15 is 0 Å². The molecule has 1 aromatic heterocycles. The summed E-state index contributed by atoms with van der Waals surface area (Å²) in [5, 5.41) is 6.18. The predicted molar refractivity (Wildman–Crippen MR) is 110 cm³/mol. The van der Waals surface area contributed by atoms with Crippen LogP contribution in [-0.4, -0.2) is 52.6 Å². The summed E-state index contributed by atoms with van der Waals surface area (Å²) in [7, 11) is 0. The van der Waals surface area contributed by atoms with Gasteiger partial charge in [-0.15, -0.1) is 0 Å². The molecule has 0 unspecified atom stereocenters. The molecule has 1 saturated heterocycles. The number of carbonyl (C=O) groups is 2. The van der Waals surface area contributed by atoms with Crippen molar-refractivity contribution in [3.63, 3.8) is 0 Å². The van der Waals surface area contributed by atoms with Gasteiger partial charge in [0, 0.05) is 37.2 Å². The van der Waals surface area contributed by atoms with Crippen molar-refractivity contribution in [3.05, 3.63) is 47.3 Å². The van der Waals surface area contributed by atoms with Crippen LogP contribution in [0.3, 0.4) is 0 Å². The molecule has 8 heteroatoms. The van der Waals surface area contributed by atoms with Crippen LogP contribution in [0.4, 0.5) is 16.4 Å². The summed E-state index contributed by atoms with van der Waals surface area (Å²) in [6.07, 6.45) is 4.13. The highest BCUT2D eigenvalue weighted by Gasteiger charge is 2.25. The third kappa shape index (κ3) is 5.22. The highest BCUT2D eigenvalue weighted by atomic mass is 16.6. The zero-order valence-corrected chi connectivity index (χ0v) is 17.1. The number of aryl methyl sites for hydroxylation is 1. The van der Waals surface area contributed by atoms with Crippen LogP contribution in [0.5, 0.6) is 0 Å². The molecular weight excluding hydrogens is 370 g/mol. The van der Waals surface area contributed by atoms with Gasteiger partial charge in [0.05, 0.1) is 12.2 Å². The van der Waals surface area contributed by atoms with E-state index in [1.807, 2.05) is 32.0 Å². The fourth-order valence-corrected chi connectivity index (χ4v) is 3.21. The van der Waals surface area contributed by atoms with Crippen molar-refractivity contribution in [1.29, 1.82) is 0 Å². The molecule has 154 valence electrons. The molecule has 1 fully saturated rings. The zero-order valence-electron chi connectivity index (χ0n) is 17.1. The molecule has 29 heavy (non-hydrogen) atoms. The molecule has 0 bridgehead atoms. The van der Waals surface area contributed by atoms with E-state index < -0.39 is 0 Å². The van der Waals surface area contributed by atoms with Gasteiger partial charge in [-0.05, 0) is 50.8 Å². The molecule has 0 aliphatic carbocycles. The number of hydrogen-bond acceptors (Lipinski definition) is 6. The molecule has 8 nitrogen and oxygen atoms in total. The van der Waals surface area contributed by atoms with Crippen LogP contribution >= 0.6 is 0 Å². The SMILES string of the molecule is CCOC(=O)N1CCC(NC(=O)c2cnc(Nc3cccc(C)c3C)nc2)CC1. The second-order valence-corrected chi connectivity index (χ2v) is 7.10. The molecule has 1 aliphatic rings. The zero-order chi connectivity index (χ0) is 20.8. The van der Waals surface area contributed by atoms with Crippen LogP contribution < -0.4 is 10.6 Å². The summed E-state index contributed by atoms with van der Waals surface area (Å²) in [5.41, 5.74) is 3.66. The summed E-state index contributed by atoms with van der Waals surface area (Å²) in [4.78, 5) is 34.4. The van der Waals surface area contributed by atoms with Gasteiger partial charge in [-0.25, -0.2) is 14.8 Å². The average molecular weight is 397 g/mol. The van der Waals surface area contributed by atoms with Crippen LogP contribution in [-0.2, 0) is 4.74 Å². The Balaban J connectivity index is 1.53. The topological polar surface area (TPSA) is 96.5 Å². The maximum Gasteiger partial charge on any atom is 0.409 e. The van der Waals surface area contributed by atoms with E-state index in [2.05, 4.69) is 20.6 Å². The molecule has 1 aliphatic heterocycles. The normalized spacial score (nSPS) is 14.4. The van der Waals surface area contributed by atoms with Crippen LogP contribution in [0, 0.1) is 13.8 Å². The molecule has 3 rings (SSSR count). The lowest BCUT2D eigenvalue weighted by Gasteiger charge is -2.31. The Hall–Kier alpha value is -3.16. The summed E-state index contributed by atoms with van der Waals surface area (Å²) in [6, 6.07) is 6.00. The van der Waals surface area contributed by atoms with Gasteiger partial charge in [-0.2, -0.15) is 0 Å². The fourth-order valence-electron chi connectivity index (χ4n) is 3.21. The second-order valence-electron chi connectivity index (χ2n) is 7.10. The standard InChI is InChI=1S/C21H27N5O3/c1-4-29-21(28)26-10-8-17(9-11-26)24-19(27)16-12-22-20(23-13-16)25-18-7-5-6-14(2)15(18)3/h5-7,12-13,17H,4,8-11H2,1-3H3,(H,24,27)(H,22,23,25). The number of ether oxygens (including phenoxy) is 1. The summed E-state index contributed by atoms with van der Waals surface area (Å²) in [5.74, 6) is 0.232. The Morgan fingerprint density at radius 3 is 2.52 bits per heavy atom. The first kappa shape index (κ1) is 20.6. The smallest absolute Gasteiger partial charge is 0.409 e. The highest BCUT2D eigenvalue weighted by Crippen LogP contribution is 2.20. The van der Waals surface area contributed by atoms with E-state index in [0.717, 1.165) is 11.3 Å². The van der Waals surface area contributed by atoms with Crippen molar-refractivity contribution in [3.8, 4) is 0 Å². The van der Waals surface area contributed by atoms with Crippen LogP contribution in [0.2, 0.25) is 0 Å². The number of nitrogens with zero attached hydrogens (tertiary/aromatic N) is 3. The number of nitrogens with one attached hydrogen (secondary N) is 2. The van der Waals surface area contributed by atoms with Crippen molar-refractivity contribution in [2.24, 2.45) is 0 Å². The first-order valence-electron chi connectivity index (χ1n) is 9.85. The summed E-state index contributed by atoms with van der Waals surface area (Å²) >= 11 is 0. The number of amides is 2. The molecule has 0 spiro atoms. The number of carbonyl (C=O) groups excluding carboxylic acids is 2. The minimum absolute atomic E-state index is 0.0147. The monoisotopic (exact) mass is 397 g/mol.